The number of anilines is 1. The summed E-state index contributed by atoms with van der Waals surface area (Å²) in [5, 5.41) is 7.94. The van der Waals surface area contributed by atoms with E-state index in [2.05, 4.69) is 15.0 Å². The molecule has 0 radical (unpaired) electrons. The van der Waals surface area contributed by atoms with E-state index in [0.717, 1.165) is 11.3 Å². The van der Waals surface area contributed by atoms with Crippen LogP contribution >= 0.6 is 11.3 Å². The molecule has 9 heteroatoms. The third-order valence-corrected chi connectivity index (χ3v) is 6.13. The van der Waals surface area contributed by atoms with E-state index in [9.17, 15) is 13.6 Å². The molecule has 0 unspecified atom stereocenters. The number of ether oxygens (including phenoxy) is 1. The van der Waals surface area contributed by atoms with Crippen molar-refractivity contribution in [3.63, 3.8) is 0 Å². The lowest BCUT2D eigenvalue weighted by atomic mass is 10.1. The Morgan fingerprint density at radius 2 is 1.74 bits per heavy atom. The molecule has 0 aliphatic carbocycles. The Balaban J connectivity index is 1.52. The minimum atomic E-state index is -2.91. The molecule has 0 saturated carbocycles. The molecule has 0 aliphatic heterocycles. The quantitative estimate of drug-likeness (QED) is 0.312. The van der Waals surface area contributed by atoms with E-state index in [-0.39, 0.29) is 11.7 Å². The number of fused-ring (bicyclic) bond motifs is 1. The summed E-state index contributed by atoms with van der Waals surface area (Å²) in [6, 6.07) is 23.5. The van der Waals surface area contributed by atoms with Crippen molar-refractivity contribution >= 4 is 32.6 Å². The van der Waals surface area contributed by atoms with Crippen molar-refractivity contribution in [3.8, 4) is 22.7 Å². The number of nitrogens with one attached hydrogen (secondary N) is 1. The number of halogens is 2. The Labute approximate surface area is 197 Å². The predicted octanol–water partition coefficient (Wildman–Crippen LogP) is 6.31. The predicted molar refractivity (Wildman–Crippen MR) is 128 cm³/mol. The van der Waals surface area contributed by atoms with E-state index >= 15 is 0 Å². The van der Waals surface area contributed by atoms with Crippen molar-refractivity contribution in [2.75, 3.05) is 5.32 Å². The number of hydrogen-bond donors (Lipinski definition) is 1. The first kappa shape index (κ1) is 21.7. The fourth-order valence-electron chi connectivity index (χ4n) is 3.69. The summed E-state index contributed by atoms with van der Waals surface area (Å²) < 4.78 is 31.9. The summed E-state index contributed by atoms with van der Waals surface area (Å²) in [5.74, 6) is -0.322. The Hall–Kier alpha value is -4.11. The lowest BCUT2D eigenvalue weighted by molar-refractivity contribution is -0.0497. The zero-order chi connectivity index (χ0) is 23.7. The molecule has 0 atom stereocenters. The first-order valence-corrected chi connectivity index (χ1v) is 11.2. The second-order valence-corrected chi connectivity index (χ2v) is 8.43. The van der Waals surface area contributed by atoms with Crippen LogP contribution in [0.3, 0.4) is 0 Å². The number of para-hydroxylation sites is 1. The average Bonchev–Trinajstić information content (AvgIpc) is 3.39. The molecule has 6 nitrogen and oxygen atoms in total. The van der Waals surface area contributed by atoms with Gasteiger partial charge in [0.1, 0.15) is 11.4 Å². The number of carbonyl (C=O) groups is 1. The summed E-state index contributed by atoms with van der Waals surface area (Å²) in [4.78, 5) is 17.9. The van der Waals surface area contributed by atoms with Crippen LogP contribution in [0.1, 0.15) is 16.1 Å². The van der Waals surface area contributed by atoms with Crippen LogP contribution in [0.25, 0.3) is 27.2 Å². The van der Waals surface area contributed by atoms with Gasteiger partial charge in [-0.25, -0.2) is 9.67 Å². The Kier molecular flexibility index (Phi) is 5.77. The highest BCUT2D eigenvalue weighted by Crippen LogP contribution is 2.32. The molecule has 2 aromatic heterocycles. The molecule has 34 heavy (non-hydrogen) atoms. The standard InChI is InChI=1S/C25H18F2N4O2S/c1-15-21(22(16-8-4-2-5-9-16)30-31(15)17-10-6-3-7-11-17)23(32)29-25-28-19-13-12-18(33-24(26)27)14-20(19)34-25/h2-14,24H,1H3,(H,28,29,32). The molecule has 0 saturated heterocycles. The molecule has 0 bridgehead atoms. The Morgan fingerprint density at radius 1 is 1.03 bits per heavy atom. The summed E-state index contributed by atoms with van der Waals surface area (Å²) in [6.45, 7) is -1.07. The largest absolute Gasteiger partial charge is 0.435 e. The van der Waals surface area contributed by atoms with Gasteiger partial charge >= 0.3 is 6.61 Å². The molecule has 0 spiro atoms. The van der Waals surface area contributed by atoms with Crippen LogP contribution in [0, 0.1) is 6.92 Å². The monoisotopic (exact) mass is 476 g/mol. The van der Waals surface area contributed by atoms with Crippen molar-refractivity contribution in [3.05, 3.63) is 90.1 Å². The second-order valence-electron chi connectivity index (χ2n) is 7.40. The van der Waals surface area contributed by atoms with Crippen LogP contribution in [0.5, 0.6) is 5.75 Å². The van der Waals surface area contributed by atoms with E-state index in [1.54, 1.807) is 10.7 Å². The third kappa shape index (κ3) is 4.25. The first-order chi connectivity index (χ1) is 16.5. The van der Waals surface area contributed by atoms with Crippen molar-refractivity contribution in [2.24, 2.45) is 0 Å². The van der Waals surface area contributed by atoms with Gasteiger partial charge in [-0.1, -0.05) is 59.9 Å². The average molecular weight is 477 g/mol. The minimum Gasteiger partial charge on any atom is -0.435 e. The van der Waals surface area contributed by atoms with Crippen LogP contribution in [0.4, 0.5) is 13.9 Å². The van der Waals surface area contributed by atoms with Gasteiger partial charge in [0.05, 0.1) is 27.2 Å². The van der Waals surface area contributed by atoms with Gasteiger partial charge in [-0.05, 0) is 37.3 Å². The molecule has 0 fully saturated rings. The van der Waals surface area contributed by atoms with Crippen molar-refractivity contribution < 1.29 is 18.3 Å². The maximum Gasteiger partial charge on any atom is 0.387 e. The van der Waals surface area contributed by atoms with Crippen molar-refractivity contribution in [1.29, 1.82) is 0 Å². The summed E-state index contributed by atoms with van der Waals surface area (Å²) >= 11 is 1.18. The number of aromatic nitrogens is 3. The molecule has 2 heterocycles. The van der Waals surface area contributed by atoms with Gasteiger partial charge in [0.2, 0.25) is 0 Å². The first-order valence-electron chi connectivity index (χ1n) is 10.4. The zero-order valence-corrected chi connectivity index (χ0v) is 18.7. The van der Waals surface area contributed by atoms with Crippen LogP contribution in [0.2, 0.25) is 0 Å². The van der Waals surface area contributed by atoms with E-state index in [4.69, 9.17) is 5.10 Å². The van der Waals surface area contributed by atoms with Gasteiger partial charge in [-0.3, -0.25) is 10.1 Å². The number of benzene rings is 3. The van der Waals surface area contributed by atoms with Gasteiger partial charge in [-0.15, -0.1) is 0 Å². The maximum atomic E-state index is 13.4. The van der Waals surface area contributed by atoms with Crippen LogP contribution in [-0.4, -0.2) is 27.3 Å². The number of amides is 1. The molecule has 5 aromatic rings. The summed E-state index contributed by atoms with van der Waals surface area (Å²) in [7, 11) is 0. The number of nitrogens with zero attached hydrogens (tertiary/aromatic N) is 3. The SMILES string of the molecule is Cc1c(C(=O)Nc2nc3ccc(OC(F)F)cc3s2)c(-c2ccccc2)nn1-c1ccccc1. The van der Waals surface area contributed by atoms with Gasteiger partial charge in [0.15, 0.2) is 5.13 Å². The second kappa shape index (κ2) is 9.03. The van der Waals surface area contributed by atoms with Crippen LogP contribution < -0.4 is 10.1 Å². The molecular weight excluding hydrogens is 458 g/mol. The van der Waals surface area contributed by atoms with E-state index in [1.165, 1.54) is 23.5 Å². The highest BCUT2D eigenvalue weighted by Gasteiger charge is 2.24. The Morgan fingerprint density at radius 3 is 2.44 bits per heavy atom. The lowest BCUT2D eigenvalue weighted by Crippen LogP contribution is -2.14. The van der Waals surface area contributed by atoms with Gasteiger partial charge in [0, 0.05) is 5.56 Å². The maximum absolute atomic E-state index is 13.4. The highest BCUT2D eigenvalue weighted by atomic mass is 32.1. The number of carbonyl (C=O) groups excluding carboxylic acids is 1. The molecule has 5 rings (SSSR count). The van der Waals surface area contributed by atoms with E-state index < -0.39 is 6.61 Å². The van der Waals surface area contributed by atoms with E-state index in [1.807, 2.05) is 67.6 Å². The van der Waals surface area contributed by atoms with Crippen molar-refractivity contribution in [1.82, 2.24) is 14.8 Å². The zero-order valence-electron chi connectivity index (χ0n) is 17.9. The van der Waals surface area contributed by atoms with Crippen LogP contribution in [0.15, 0.2) is 78.9 Å². The minimum absolute atomic E-state index is 0.0374. The normalized spacial score (nSPS) is 11.2. The van der Waals surface area contributed by atoms with E-state index in [0.29, 0.717) is 32.3 Å². The number of hydrogen-bond acceptors (Lipinski definition) is 5. The number of thiazole rings is 1. The highest BCUT2D eigenvalue weighted by molar-refractivity contribution is 7.22. The molecule has 170 valence electrons. The lowest BCUT2D eigenvalue weighted by Gasteiger charge is -2.05. The van der Waals surface area contributed by atoms with Crippen LogP contribution in [-0.2, 0) is 0 Å². The molecule has 1 amide bonds. The molecular formula is C25H18F2N4O2S. The molecule has 3 aromatic carbocycles. The van der Waals surface area contributed by atoms with Crippen molar-refractivity contribution in [2.45, 2.75) is 13.5 Å². The third-order valence-electron chi connectivity index (χ3n) is 5.20. The number of rotatable bonds is 6. The van der Waals surface area contributed by atoms with Gasteiger partial charge in [-0.2, -0.15) is 13.9 Å². The summed E-state index contributed by atoms with van der Waals surface area (Å²) in [6.07, 6.45) is 0. The molecule has 1 N–H and O–H groups in total. The smallest absolute Gasteiger partial charge is 0.387 e. The van der Waals surface area contributed by atoms with Gasteiger partial charge < -0.3 is 4.74 Å². The number of alkyl halides is 2. The Bertz CT molecular complexity index is 1470. The fourth-order valence-corrected chi connectivity index (χ4v) is 4.58. The van der Waals surface area contributed by atoms with Gasteiger partial charge in [0.25, 0.3) is 5.91 Å². The topological polar surface area (TPSA) is 69.0 Å². The summed E-state index contributed by atoms with van der Waals surface area (Å²) in [5.41, 5.74) is 3.87. The fraction of sp³-hybridized carbons (Fsp3) is 0.0800. The molecule has 0 aliphatic rings.